The normalized spacial score (nSPS) is 14.9. The van der Waals surface area contributed by atoms with E-state index in [4.69, 9.17) is 0 Å². The molecule has 3 rings (SSSR count). The fourth-order valence-corrected chi connectivity index (χ4v) is 2.13. The van der Waals surface area contributed by atoms with E-state index < -0.39 is 0 Å². The number of nitrogens with zero attached hydrogens (tertiary/aromatic N) is 2. The van der Waals surface area contributed by atoms with E-state index >= 15 is 0 Å². The van der Waals surface area contributed by atoms with Gasteiger partial charge in [-0.05, 0) is 6.07 Å². The van der Waals surface area contributed by atoms with Crippen LogP contribution in [0.25, 0.3) is 10.9 Å². The van der Waals surface area contributed by atoms with Gasteiger partial charge < -0.3 is 4.57 Å². The highest BCUT2D eigenvalue weighted by molar-refractivity contribution is 6.11. The number of hydrazone groups is 1. The Bertz CT molecular complexity index is 590. The van der Waals surface area contributed by atoms with Gasteiger partial charge in [0, 0.05) is 42.3 Å². The molecule has 3 heteroatoms. The van der Waals surface area contributed by atoms with Crippen LogP contribution in [0.1, 0.15) is 12.0 Å². The highest BCUT2D eigenvalue weighted by Gasteiger charge is 2.11. The van der Waals surface area contributed by atoms with Crippen LogP contribution in [0.4, 0.5) is 0 Å². The maximum Gasteiger partial charge on any atom is 0.0738 e. The minimum Gasteiger partial charge on any atom is -0.350 e. The molecule has 1 N–H and O–H groups in total. The first-order chi connectivity index (χ1) is 7.86. The van der Waals surface area contributed by atoms with Crippen LogP contribution < -0.4 is 5.43 Å². The van der Waals surface area contributed by atoms with Gasteiger partial charge in [0.1, 0.15) is 0 Å². The Morgan fingerprint density at radius 3 is 3.00 bits per heavy atom. The van der Waals surface area contributed by atoms with Crippen molar-refractivity contribution in [1.29, 1.82) is 0 Å². The van der Waals surface area contributed by atoms with Crippen LogP contribution in [0.3, 0.4) is 0 Å². The van der Waals surface area contributed by atoms with E-state index in [2.05, 4.69) is 58.7 Å². The van der Waals surface area contributed by atoms with Gasteiger partial charge in [-0.25, -0.2) is 0 Å². The van der Waals surface area contributed by atoms with E-state index in [-0.39, 0.29) is 0 Å². The molecular weight excluding hydrogens is 198 g/mol. The molecular formula is C13H13N3. The molecule has 0 radical (unpaired) electrons. The topological polar surface area (TPSA) is 29.3 Å². The average molecular weight is 211 g/mol. The fourth-order valence-electron chi connectivity index (χ4n) is 2.13. The number of aromatic nitrogens is 1. The van der Waals surface area contributed by atoms with Crippen molar-refractivity contribution >= 4 is 16.6 Å². The molecule has 0 bridgehead atoms. The molecule has 0 spiro atoms. The molecule has 0 atom stereocenters. The number of rotatable bonds is 1. The first-order valence-corrected chi connectivity index (χ1v) is 5.38. The highest BCUT2D eigenvalue weighted by Crippen LogP contribution is 2.22. The molecule has 0 unspecified atom stereocenters. The van der Waals surface area contributed by atoms with Crippen molar-refractivity contribution in [3.05, 3.63) is 48.3 Å². The predicted octanol–water partition coefficient (Wildman–Crippen LogP) is 2.39. The molecule has 0 amide bonds. The van der Waals surface area contributed by atoms with E-state index in [1.807, 2.05) is 6.20 Å². The van der Waals surface area contributed by atoms with Crippen molar-refractivity contribution in [1.82, 2.24) is 9.99 Å². The maximum atomic E-state index is 4.33. The Hall–Kier alpha value is -2.03. The van der Waals surface area contributed by atoms with Gasteiger partial charge in [0.25, 0.3) is 0 Å². The van der Waals surface area contributed by atoms with Crippen molar-refractivity contribution < 1.29 is 0 Å². The third-order valence-corrected chi connectivity index (χ3v) is 2.91. The first kappa shape index (κ1) is 9.21. The third kappa shape index (κ3) is 1.33. The standard InChI is InChI=1S/C13H13N3/c1-16-9-11(12-6-4-8-14-15-12)10-5-2-3-7-13(10)16/h2-5,7-9,14H,6H2,1H3. The first-order valence-electron chi connectivity index (χ1n) is 5.38. The summed E-state index contributed by atoms with van der Waals surface area (Å²) in [5.74, 6) is 0. The molecule has 16 heavy (non-hydrogen) atoms. The molecule has 2 aromatic rings. The molecule has 0 aliphatic carbocycles. The lowest BCUT2D eigenvalue weighted by Gasteiger charge is -2.06. The number of allylic oxidation sites excluding steroid dienone is 1. The van der Waals surface area contributed by atoms with Crippen LogP contribution in [0.15, 0.2) is 47.8 Å². The number of benzene rings is 1. The molecule has 1 aromatic carbocycles. The van der Waals surface area contributed by atoms with Gasteiger partial charge in [0.15, 0.2) is 0 Å². The highest BCUT2D eigenvalue weighted by atomic mass is 15.3. The Balaban J connectivity index is 2.20. The van der Waals surface area contributed by atoms with E-state index in [0.717, 1.165) is 12.1 Å². The van der Waals surface area contributed by atoms with Gasteiger partial charge in [-0.3, -0.25) is 5.43 Å². The minimum atomic E-state index is 0.890. The Morgan fingerprint density at radius 1 is 1.31 bits per heavy atom. The molecule has 0 saturated heterocycles. The minimum absolute atomic E-state index is 0.890. The molecule has 3 nitrogen and oxygen atoms in total. The zero-order valence-electron chi connectivity index (χ0n) is 9.14. The Kier molecular flexibility index (Phi) is 2.03. The van der Waals surface area contributed by atoms with Gasteiger partial charge >= 0.3 is 0 Å². The zero-order chi connectivity index (χ0) is 11.0. The molecule has 80 valence electrons. The number of nitrogens with one attached hydrogen (secondary N) is 1. The summed E-state index contributed by atoms with van der Waals surface area (Å²) in [4.78, 5) is 0. The summed E-state index contributed by atoms with van der Waals surface area (Å²) < 4.78 is 2.14. The second-order valence-electron chi connectivity index (χ2n) is 3.96. The zero-order valence-corrected chi connectivity index (χ0v) is 9.14. The van der Waals surface area contributed by atoms with Gasteiger partial charge in [-0.2, -0.15) is 5.10 Å². The van der Waals surface area contributed by atoms with Crippen LogP contribution in [0.2, 0.25) is 0 Å². The largest absolute Gasteiger partial charge is 0.350 e. The van der Waals surface area contributed by atoms with E-state index in [9.17, 15) is 0 Å². The quantitative estimate of drug-likeness (QED) is 0.771. The molecule has 1 aliphatic rings. The lowest BCUT2D eigenvalue weighted by molar-refractivity contribution is 0.931. The average Bonchev–Trinajstić information content (AvgIpc) is 2.69. The fraction of sp³-hybridized carbons (Fsp3) is 0.154. The number of hydrogen-bond acceptors (Lipinski definition) is 2. The van der Waals surface area contributed by atoms with Crippen LogP contribution in [0, 0.1) is 0 Å². The van der Waals surface area contributed by atoms with Crippen molar-refractivity contribution in [3.8, 4) is 0 Å². The molecule has 1 aliphatic heterocycles. The molecule has 0 fully saturated rings. The summed E-state index contributed by atoms with van der Waals surface area (Å²) in [6.07, 6.45) is 6.99. The summed E-state index contributed by atoms with van der Waals surface area (Å²) >= 11 is 0. The second kappa shape index (κ2) is 3.52. The predicted molar refractivity (Wildman–Crippen MR) is 66.3 cm³/mol. The van der Waals surface area contributed by atoms with Crippen molar-refractivity contribution in [2.24, 2.45) is 12.1 Å². The van der Waals surface area contributed by atoms with Crippen LogP contribution in [0.5, 0.6) is 0 Å². The van der Waals surface area contributed by atoms with Gasteiger partial charge in [0.2, 0.25) is 0 Å². The monoisotopic (exact) mass is 211 g/mol. The number of hydrogen-bond donors (Lipinski definition) is 1. The van der Waals surface area contributed by atoms with Crippen molar-refractivity contribution in [3.63, 3.8) is 0 Å². The van der Waals surface area contributed by atoms with E-state index in [1.54, 1.807) is 0 Å². The van der Waals surface area contributed by atoms with Crippen molar-refractivity contribution in [2.75, 3.05) is 0 Å². The summed E-state index contributed by atoms with van der Waals surface area (Å²) in [5, 5.41) is 5.59. The van der Waals surface area contributed by atoms with Crippen molar-refractivity contribution in [2.45, 2.75) is 6.42 Å². The molecule has 2 heterocycles. The van der Waals surface area contributed by atoms with E-state index in [0.29, 0.717) is 0 Å². The summed E-state index contributed by atoms with van der Waals surface area (Å²) in [5.41, 5.74) is 6.46. The summed E-state index contributed by atoms with van der Waals surface area (Å²) in [6.45, 7) is 0. The second-order valence-corrected chi connectivity index (χ2v) is 3.96. The summed E-state index contributed by atoms with van der Waals surface area (Å²) in [7, 11) is 2.07. The third-order valence-electron chi connectivity index (χ3n) is 2.91. The molecule has 0 saturated carbocycles. The van der Waals surface area contributed by atoms with Gasteiger partial charge in [0.05, 0.1) is 5.71 Å². The summed E-state index contributed by atoms with van der Waals surface area (Å²) in [6, 6.07) is 8.41. The number of para-hydroxylation sites is 1. The van der Waals surface area contributed by atoms with E-state index in [1.165, 1.54) is 16.5 Å². The SMILES string of the molecule is Cn1cc(C2=NNC=CC2)c2ccccc21. The molecule has 1 aromatic heterocycles. The van der Waals surface area contributed by atoms with Gasteiger partial charge in [-0.1, -0.05) is 24.3 Å². The van der Waals surface area contributed by atoms with Crippen LogP contribution in [-0.4, -0.2) is 10.3 Å². The number of fused-ring (bicyclic) bond motifs is 1. The van der Waals surface area contributed by atoms with Gasteiger partial charge in [-0.15, -0.1) is 0 Å². The lowest BCUT2D eigenvalue weighted by Crippen LogP contribution is -2.09. The smallest absolute Gasteiger partial charge is 0.0738 e. The Labute approximate surface area is 94.1 Å². The van der Waals surface area contributed by atoms with Crippen LogP contribution in [-0.2, 0) is 7.05 Å². The number of aryl methyl sites for hydroxylation is 1. The Morgan fingerprint density at radius 2 is 2.19 bits per heavy atom. The lowest BCUT2D eigenvalue weighted by atomic mass is 10.1. The maximum absolute atomic E-state index is 4.33. The van der Waals surface area contributed by atoms with Crippen LogP contribution >= 0.6 is 0 Å².